The van der Waals surface area contributed by atoms with E-state index in [9.17, 15) is 53.9 Å². The second-order valence-electron chi connectivity index (χ2n) is 22.4. The Kier molecular flexibility index (Phi) is 19.8. The van der Waals surface area contributed by atoms with Gasteiger partial charge in [-0.1, -0.05) is 54.6 Å². The Morgan fingerprint density at radius 2 is 0.808 bits per heavy atom. The Morgan fingerprint density at radius 3 is 1.25 bits per heavy atom. The topological polar surface area (TPSA) is 280 Å². The number of pyridine rings is 3. The molecule has 1 aliphatic heterocycles. The van der Waals surface area contributed by atoms with Crippen molar-refractivity contribution in [2.75, 3.05) is 69.7 Å². The quantitative estimate of drug-likeness (QED) is 0.0560. The molecule has 31 heteroatoms. The van der Waals surface area contributed by atoms with Crippen molar-refractivity contribution < 1.29 is 58.6 Å². The molecule has 1 fully saturated rings. The molecule has 10 N–H and O–H groups in total. The number of hydrogen-bond acceptors (Lipinski definition) is 13. The highest BCUT2D eigenvalue weighted by Crippen LogP contribution is 2.37. The molecule has 99 heavy (non-hydrogen) atoms. The van der Waals surface area contributed by atoms with E-state index in [2.05, 4.69) is 62.1 Å². The van der Waals surface area contributed by atoms with Gasteiger partial charge >= 0.3 is 36.6 Å². The molecule has 6 amide bonds. The number of morpholine rings is 1. The van der Waals surface area contributed by atoms with Gasteiger partial charge in [-0.25, -0.2) is 24.4 Å². The van der Waals surface area contributed by atoms with Crippen LogP contribution in [0.25, 0.3) is 66.1 Å². The lowest BCUT2D eigenvalue weighted by Gasteiger charge is -2.26. The third-order valence-corrected chi connectivity index (χ3v) is 15.7. The minimum atomic E-state index is -4.49. The summed E-state index contributed by atoms with van der Waals surface area (Å²) in [5, 5.41) is 30.6. The van der Waals surface area contributed by atoms with Crippen LogP contribution in [0.5, 0.6) is 0 Å². The number of urea groups is 3. The van der Waals surface area contributed by atoms with E-state index in [1.165, 1.54) is 36.4 Å². The van der Waals surface area contributed by atoms with Gasteiger partial charge in [0.2, 0.25) is 0 Å². The van der Waals surface area contributed by atoms with Crippen LogP contribution in [-0.2, 0) is 51.0 Å². The van der Waals surface area contributed by atoms with Crippen molar-refractivity contribution in [1.82, 2.24) is 49.2 Å². The smallest absolute Gasteiger partial charge is 0.383 e. The normalized spacial score (nSPS) is 12.6. The third-order valence-electron chi connectivity index (χ3n) is 15.7. The number of nitrogen functional groups attached to an aromatic ring is 2. The molecule has 0 radical (unpaired) electrons. The van der Waals surface area contributed by atoms with Gasteiger partial charge in [-0.3, -0.25) is 23.9 Å². The van der Waals surface area contributed by atoms with E-state index in [0.29, 0.717) is 48.5 Å². The van der Waals surface area contributed by atoms with Gasteiger partial charge < -0.3 is 48.1 Å². The highest BCUT2D eigenvalue weighted by atomic mass is 19.4. The van der Waals surface area contributed by atoms with Crippen molar-refractivity contribution in [2.45, 2.75) is 25.1 Å². The fourth-order valence-corrected chi connectivity index (χ4v) is 10.8. The summed E-state index contributed by atoms with van der Waals surface area (Å²) in [6, 6.07) is 32.3. The average Bonchev–Trinajstić information content (AvgIpc) is 1.70. The number of amides is 6. The molecule has 1 aliphatic rings. The number of carbonyl (C=O) groups excluding carboxylic acids is 3. The van der Waals surface area contributed by atoms with Crippen molar-refractivity contribution in [3.8, 4) is 33.4 Å². The van der Waals surface area contributed by atoms with E-state index in [4.69, 9.17) is 21.2 Å². The zero-order valence-corrected chi connectivity index (χ0v) is 52.5. The number of anilines is 8. The minimum Gasteiger partial charge on any atom is -0.383 e. The molecule has 12 aromatic rings. The Morgan fingerprint density at radius 1 is 0.434 bits per heavy atom. The number of halogens is 9. The Labute approximate surface area is 556 Å². The molecular formula is C68H59F9N18O4. The van der Waals surface area contributed by atoms with Gasteiger partial charge in [0.05, 0.1) is 71.4 Å². The first-order chi connectivity index (χ1) is 47.2. The number of hydrogen-bond donors (Lipinski definition) is 8. The van der Waals surface area contributed by atoms with Crippen molar-refractivity contribution in [2.24, 2.45) is 21.1 Å². The van der Waals surface area contributed by atoms with Gasteiger partial charge in [-0.05, 0) is 108 Å². The number of alkyl halides is 9. The molecule has 0 spiro atoms. The molecule has 1 saturated heterocycles. The molecule has 0 bridgehead atoms. The molecule has 7 heterocycles. The highest BCUT2D eigenvalue weighted by Gasteiger charge is 2.33. The second kappa shape index (κ2) is 28.7. The van der Waals surface area contributed by atoms with Crippen LogP contribution in [0.4, 0.5) is 99.7 Å². The maximum absolute atomic E-state index is 12.9. The summed E-state index contributed by atoms with van der Waals surface area (Å²) in [7, 11) is 5.48. The maximum atomic E-state index is 12.9. The van der Waals surface area contributed by atoms with E-state index in [-0.39, 0.29) is 17.1 Å². The number of rotatable bonds is 11. The number of nitrogens with one attached hydrogen (secondary N) is 6. The molecule has 6 aromatic heterocycles. The molecule has 22 nitrogen and oxygen atoms in total. The summed E-state index contributed by atoms with van der Waals surface area (Å²) >= 11 is 0. The van der Waals surface area contributed by atoms with Crippen LogP contribution in [0.15, 0.2) is 183 Å². The molecule has 0 atom stereocenters. The number of nitrogens with zero attached hydrogens (tertiary/aromatic N) is 10. The van der Waals surface area contributed by atoms with Crippen LogP contribution < -0.4 is 43.4 Å². The van der Waals surface area contributed by atoms with Gasteiger partial charge in [0.15, 0.2) is 0 Å². The Bertz CT molecular complexity index is 4920. The van der Waals surface area contributed by atoms with Crippen molar-refractivity contribution in [1.29, 1.82) is 0 Å². The summed E-state index contributed by atoms with van der Waals surface area (Å²) in [5.41, 5.74) is 19.5. The second-order valence-corrected chi connectivity index (χ2v) is 22.4. The number of nitrogens with two attached hydrogens (primary N) is 2. The zero-order chi connectivity index (χ0) is 70.3. The molecular weight excluding hydrogens is 1300 g/mol. The number of benzene rings is 6. The average molecular weight is 1360 g/mol. The number of carbonyl (C=O) groups is 3. The third kappa shape index (κ3) is 16.4. The predicted molar refractivity (Wildman–Crippen MR) is 359 cm³/mol. The number of fused-ring (bicyclic) bond motifs is 3. The molecule has 0 saturated carbocycles. The van der Waals surface area contributed by atoms with Gasteiger partial charge in [0.1, 0.15) is 17.2 Å². The first-order valence-corrected chi connectivity index (χ1v) is 30.0. The fourth-order valence-electron chi connectivity index (χ4n) is 10.8. The lowest BCUT2D eigenvalue weighted by atomic mass is 10.0. The van der Waals surface area contributed by atoms with E-state index in [1.807, 2.05) is 36.3 Å². The van der Waals surface area contributed by atoms with Crippen LogP contribution >= 0.6 is 0 Å². The van der Waals surface area contributed by atoms with E-state index < -0.39 is 53.3 Å². The van der Waals surface area contributed by atoms with Crippen molar-refractivity contribution in [3.05, 3.63) is 205 Å². The number of aromatic nitrogens is 9. The lowest BCUT2D eigenvalue weighted by molar-refractivity contribution is -0.138. The van der Waals surface area contributed by atoms with Crippen molar-refractivity contribution >= 4 is 96.6 Å². The van der Waals surface area contributed by atoms with Crippen LogP contribution in [0.2, 0.25) is 0 Å². The number of ether oxygens (including phenoxy) is 1. The molecule has 13 rings (SSSR count). The summed E-state index contributed by atoms with van der Waals surface area (Å²) in [6.45, 7) is 3.86. The SMILES string of the molecule is Cn1ncc2c(-c3ccc(NC(=O)Nc4cccc(C(F)(F)F)c4)cc3)c(N)ncc21.Cn1ncc2c(-c3ccc(NC(=O)Nc4cccc(C(F)(F)F)c4)cc3)cnc(CN3CCOCC3)c21.Cn1ncc2c(-c3ccc(NC(=O)Nc4cccc(C(F)(F)F)c4)cc3)cnc(N)c21. The zero-order valence-electron chi connectivity index (χ0n) is 52.5. The van der Waals surface area contributed by atoms with E-state index in [1.54, 1.807) is 109 Å². The van der Waals surface area contributed by atoms with Gasteiger partial charge in [-0.15, -0.1) is 0 Å². The predicted octanol–water partition coefficient (Wildman–Crippen LogP) is 14.9. The highest BCUT2D eigenvalue weighted by molar-refractivity contribution is 6.04. The minimum absolute atomic E-state index is 0.0334. The molecule has 0 aliphatic carbocycles. The number of aryl methyl sites for hydroxylation is 3. The fraction of sp³-hybridized carbons (Fsp3) is 0.162. The Balaban J connectivity index is 0.000000151. The summed E-state index contributed by atoms with van der Waals surface area (Å²) in [5.74, 6) is 0.729. The standard InChI is InChI=1S/C26H25F3N6O2.2C21H17F3N6O/c1-34-24-22(15-31-34)21(14-30-23(24)16-35-9-11-37-12-10-35)17-5-7-19(8-6-17)32-25(36)33-20-4-2-3-18(13-20)26(27,28)29;1-30-17-11-26-19(25)18(16(17)10-27-30)12-5-7-14(8-6-12)28-20(31)29-15-4-2-3-13(9-15)21(22,23)24;1-30-18-17(11-27-30)16(10-26-19(18)25)12-5-7-14(8-6-12)28-20(31)29-15-4-2-3-13(9-15)21(22,23)24/h2-8,13-15H,9-12,16H2,1H3,(H2,32,33,36);2*2-11H,1H3,(H2,25,26)(H2,28,29,31). The largest absolute Gasteiger partial charge is 0.416 e. The van der Waals surface area contributed by atoms with Crippen LogP contribution in [0, 0.1) is 0 Å². The first-order valence-electron chi connectivity index (χ1n) is 30.0. The van der Waals surface area contributed by atoms with E-state index in [0.717, 1.165) is 121 Å². The van der Waals surface area contributed by atoms with Gasteiger partial charge in [0, 0.05) is 120 Å². The Hall–Kier alpha value is -12.1. The summed E-state index contributed by atoms with van der Waals surface area (Å²) in [4.78, 5) is 52.2. The molecule has 508 valence electrons. The molecule has 6 aromatic carbocycles. The first kappa shape index (κ1) is 68.3. The monoisotopic (exact) mass is 1360 g/mol. The lowest BCUT2D eigenvalue weighted by Crippen LogP contribution is -2.36. The van der Waals surface area contributed by atoms with Gasteiger partial charge in [-0.2, -0.15) is 54.8 Å². The van der Waals surface area contributed by atoms with Crippen LogP contribution in [0.3, 0.4) is 0 Å². The van der Waals surface area contributed by atoms with Crippen LogP contribution in [0.1, 0.15) is 22.4 Å². The van der Waals surface area contributed by atoms with Crippen molar-refractivity contribution in [3.63, 3.8) is 0 Å². The van der Waals surface area contributed by atoms with Gasteiger partial charge in [0.25, 0.3) is 0 Å². The van der Waals surface area contributed by atoms with Crippen LogP contribution in [-0.4, -0.2) is 93.6 Å². The molecule has 0 unspecified atom stereocenters. The summed E-state index contributed by atoms with van der Waals surface area (Å²) < 4.78 is 126. The summed E-state index contributed by atoms with van der Waals surface area (Å²) in [6.07, 6.45) is -3.09. The maximum Gasteiger partial charge on any atom is 0.416 e. The van der Waals surface area contributed by atoms with E-state index >= 15 is 0 Å².